The van der Waals surface area contributed by atoms with Crippen LogP contribution in [0.25, 0.3) is 0 Å². The first-order chi connectivity index (χ1) is 5.29. The molecule has 1 amide bonds. The van der Waals surface area contributed by atoms with E-state index in [0.717, 1.165) is 18.2 Å². The van der Waals surface area contributed by atoms with Crippen LogP contribution in [0.4, 0.5) is 4.79 Å². The third-order valence-corrected chi connectivity index (χ3v) is 3.11. The number of carbonyl (C=O) groups is 2. The molecule has 1 N–H and O–H groups in total. The number of hydrogen-bond donors (Lipinski definition) is 1. The monoisotopic (exact) mass is 191 g/mol. The van der Waals surface area contributed by atoms with Gasteiger partial charge in [-0.2, -0.15) is 0 Å². The number of rotatable bonds is 0. The standard InChI is InChI=1S/C6H9NO2S2/c8-5-2-1-3-7-6(9)11-4-10-5/h1-4H2,(H,7,9). The van der Waals surface area contributed by atoms with Gasteiger partial charge in [-0.25, -0.2) is 0 Å². The van der Waals surface area contributed by atoms with E-state index in [1.54, 1.807) is 0 Å². The summed E-state index contributed by atoms with van der Waals surface area (Å²) in [4.78, 5) is 21.7. The predicted molar refractivity (Wildman–Crippen MR) is 47.7 cm³/mol. The second kappa shape index (κ2) is 4.66. The highest BCUT2D eigenvalue weighted by molar-refractivity contribution is 8.28. The Labute approximate surface area is 73.7 Å². The Morgan fingerprint density at radius 2 is 2.09 bits per heavy atom. The minimum atomic E-state index is -0.0211. The van der Waals surface area contributed by atoms with Gasteiger partial charge < -0.3 is 5.32 Å². The highest BCUT2D eigenvalue weighted by Gasteiger charge is 2.09. The van der Waals surface area contributed by atoms with E-state index in [9.17, 15) is 9.59 Å². The van der Waals surface area contributed by atoms with E-state index in [4.69, 9.17) is 0 Å². The lowest BCUT2D eigenvalue weighted by Crippen LogP contribution is -2.19. The number of nitrogens with one attached hydrogen (secondary N) is 1. The molecule has 0 aromatic heterocycles. The van der Waals surface area contributed by atoms with Crippen LogP contribution in [0.1, 0.15) is 12.8 Å². The van der Waals surface area contributed by atoms with Crippen molar-refractivity contribution >= 4 is 33.9 Å². The van der Waals surface area contributed by atoms with Gasteiger partial charge in [0, 0.05) is 13.0 Å². The minimum Gasteiger partial charge on any atom is -0.347 e. The lowest BCUT2D eigenvalue weighted by atomic mass is 10.3. The predicted octanol–water partition coefficient (Wildman–Crippen LogP) is 1.44. The van der Waals surface area contributed by atoms with E-state index < -0.39 is 0 Å². The lowest BCUT2D eigenvalue weighted by Gasteiger charge is -1.97. The topological polar surface area (TPSA) is 46.2 Å². The van der Waals surface area contributed by atoms with Gasteiger partial charge in [-0.05, 0) is 6.42 Å². The molecule has 1 heterocycles. The maximum atomic E-state index is 10.9. The van der Waals surface area contributed by atoms with Crippen LogP contribution in [0, 0.1) is 0 Å². The molecule has 0 saturated carbocycles. The minimum absolute atomic E-state index is 0.0211. The Bertz CT molecular complexity index is 154. The first-order valence-corrected chi connectivity index (χ1v) is 5.32. The number of hydrogen-bond acceptors (Lipinski definition) is 4. The first-order valence-electron chi connectivity index (χ1n) is 3.35. The zero-order chi connectivity index (χ0) is 8.10. The van der Waals surface area contributed by atoms with E-state index in [1.165, 1.54) is 11.8 Å². The van der Waals surface area contributed by atoms with Crippen molar-refractivity contribution in [2.45, 2.75) is 12.8 Å². The van der Waals surface area contributed by atoms with Crippen molar-refractivity contribution in [2.75, 3.05) is 11.6 Å². The molecule has 1 saturated heterocycles. The van der Waals surface area contributed by atoms with Crippen molar-refractivity contribution in [3.63, 3.8) is 0 Å². The van der Waals surface area contributed by atoms with Gasteiger partial charge in [-0.1, -0.05) is 23.5 Å². The Hall–Kier alpha value is -0.160. The molecule has 1 fully saturated rings. The summed E-state index contributed by atoms with van der Waals surface area (Å²) in [6.45, 7) is 0.623. The lowest BCUT2D eigenvalue weighted by molar-refractivity contribution is -0.111. The average Bonchev–Trinajstić information content (AvgIpc) is 2.04. The largest absolute Gasteiger partial charge is 0.347 e. The summed E-state index contributed by atoms with van der Waals surface area (Å²) in [5, 5.41) is 3.42. The van der Waals surface area contributed by atoms with E-state index in [0.29, 0.717) is 18.1 Å². The fraction of sp³-hybridized carbons (Fsp3) is 0.667. The van der Waals surface area contributed by atoms with Gasteiger partial charge in [0.2, 0.25) is 0 Å². The molecule has 1 aliphatic heterocycles. The molecule has 1 rings (SSSR count). The fourth-order valence-corrected chi connectivity index (χ4v) is 2.38. The van der Waals surface area contributed by atoms with Crippen molar-refractivity contribution in [1.82, 2.24) is 5.32 Å². The summed E-state index contributed by atoms with van der Waals surface area (Å²) in [6, 6.07) is 0. The van der Waals surface area contributed by atoms with Gasteiger partial charge >= 0.3 is 0 Å². The van der Waals surface area contributed by atoms with Gasteiger partial charge in [0.15, 0.2) is 5.12 Å². The quantitative estimate of drug-likeness (QED) is 0.629. The Balaban J connectivity index is 2.35. The SMILES string of the molecule is O=C1CCCNC(=O)SCS1. The third kappa shape index (κ3) is 3.67. The summed E-state index contributed by atoms with van der Waals surface area (Å²) in [7, 11) is 0. The molecule has 11 heavy (non-hydrogen) atoms. The maximum Gasteiger partial charge on any atom is 0.279 e. The van der Waals surface area contributed by atoms with Crippen LogP contribution in [0.15, 0.2) is 0 Å². The molecule has 0 spiro atoms. The smallest absolute Gasteiger partial charge is 0.279 e. The molecule has 0 bridgehead atoms. The second-order valence-corrected chi connectivity index (χ2v) is 4.44. The highest BCUT2D eigenvalue weighted by atomic mass is 32.2. The molecular weight excluding hydrogens is 182 g/mol. The van der Waals surface area contributed by atoms with Crippen LogP contribution in [-0.2, 0) is 4.79 Å². The van der Waals surface area contributed by atoms with Gasteiger partial charge in [0.05, 0.1) is 5.08 Å². The van der Waals surface area contributed by atoms with E-state index in [2.05, 4.69) is 5.32 Å². The maximum absolute atomic E-state index is 10.9. The number of amides is 1. The molecule has 0 radical (unpaired) electrons. The van der Waals surface area contributed by atoms with Crippen LogP contribution in [0.5, 0.6) is 0 Å². The molecule has 0 aromatic rings. The first kappa shape index (κ1) is 8.93. The molecular formula is C6H9NO2S2. The molecule has 0 aromatic carbocycles. The highest BCUT2D eigenvalue weighted by Crippen LogP contribution is 2.17. The van der Waals surface area contributed by atoms with E-state index in [-0.39, 0.29) is 10.4 Å². The number of thioether (sulfide) groups is 2. The van der Waals surface area contributed by atoms with Crippen LogP contribution < -0.4 is 5.32 Å². The van der Waals surface area contributed by atoms with Crippen LogP contribution in [0.3, 0.4) is 0 Å². The van der Waals surface area contributed by atoms with Crippen molar-refractivity contribution in [2.24, 2.45) is 0 Å². The van der Waals surface area contributed by atoms with Crippen molar-refractivity contribution < 1.29 is 9.59 Å². The van der Waals surface area contributed by atoms with Crippen LogP contribution in [0.2, 0.25) is 0 Å². The Morgan fingerprint density at radius 3 is 2.91 bits per heavy atom. The average molecular weight is 191 g/mol. The summed E-state index contributed by atoms with van der Waals surface area (Å²) in [5.41, 5.74) is 0. The molecule has 62 valence electrons. The van der Waals surface area contributed by atoms with Gasteiger partial charge in [0.25, 0.3) is 5.24 Å². The zero-order valence-electron chi connectivity index (χ0n) is 5.96. The molecule has 1 aliphatic rings. The van der Waals surface area contributed by atoms with E-state index in [1.807, 2.05) is 0 Å². The van der Waals surface area contributed by atoms with Crippen LogP contribution >= 0.6 is 23.5 Å². The molecule has 0 aliphatic carbocycles. The summed E-state index contributed by atoms with van der Waals surface area (Å²) in [5.74, 6) is 0. The van der Waals surface area contributed by atoms with Crippen molar-refractivity contribution in [1.29, 1.82) is 0 Å². The van der Waals surface area contributed by atoms with Gasteiger partial charge in [-0.3, -0.25) is 9.59 Å². The van der Waals surface area contributed by atoms with Gasteiger partial charge in [0.1, 0.15) is 0 Å². The Morgan fingerprint density at radius 1 is 1.27 bits per heavy atom. The molecule has 3 nitrogen and oxygen atoms in total. The van der Waals surface area contributed by atoms with E-state index >= 15 is 0 Å². The summed E-state index contributed by atoms with van der Waals surface area (Å²) >= 11 is 2.39. The molecule has 5 heteroatoms. The molecule has 0 unspecified atom stereocenters. The van der Waals surface area contributed by atoms with Crippen molar-refractivity contribution in [3.8, 4) is 0 Å². The van der Waals surface area contributed by atoms with Crippen molar-refractivity contribution in [3.05, 3.63) is 0 Å². The zero-order valence-corrected chi connectivity index (χ0v) is 7.59. The molecule has 0 atom stereocenters. The van der Waals surface area contributed by atoms with Gasteiger partial charge in [-0.15, -0.1) is 0 Å². The number of carbonyl (C=O) groups excluding carboxylic acids is 2. The summed E-state index contributed by atoms with van der Waals surface area (Å²) in [6.07, 6.45) is 1.34. The normalized spacial score (nSPS) is 21.5. The third-order valence-electron chi connectivity index (χ3n) is 1.24. The summed E-state index contributed by atoms with van der Waals surface area (Å²) < 4.78 is 0. The second-order valence-electron chi connectivity index (χ2n) is 2.10. The Kier molecular flexibility index (Phi) is 3.79. The van der Waals surface area contributed by atoms with Crippen LogP contribution in [-0.4, -0.2) is 22.0 Å². The fourth-order valence-electron chi connectivity index (χ4n) is 0.695.